The molecule has 18 heavy (non-hydrogen) atoms. The lowest BCUT2D eigenvalue weighted by molar-refractivity contribution is 0.557. The Morgan fingerprint density at radius 1 is 1.44 bits per heavy atom. The van der Waals surface area contributed by atoms with E-state index in [2.05, 4.69) is 26.0 Å². The van der Waals surface area contributed by atoms with Crippen molar-refractivity contribution in [3.63, 3.8) is 0 Å². The number of rotatable bonds is 5. The van der Waals surface area contributed by atoms with Gasteiger partial charge in [0.2, 0.25) is 10.0 Å². The molecule has 1 atom stereocenters. The third kappa shape index (κ3) is 4.35. The lowest BCUT2D eigenvalue weighted by Gasteiger charge is -2.10. The highest BCUT2D eigenvalue weighted by Crippen LogP contribution is 2.13. The fraction of sp³-hybridized carbons (Fsp3) is 0.500. The van der Waals surface area contributed by atoms with Crippen molar-refractivity contribution in [1.29, 1.82) is 0 Å². The SMILES string of the molecule is O=S(=O)(CC1CCNC1)NCc1cccc(Br)c1. The lowest BCUT2D eigenvalue weighted by Crippen LogP contribution is -2.30. The Morgan fingerprint density at radius 3 is 2.94 bits per heavy atom. The van der Waals surface area contributed by atoms with E-state index >= 15 is 0 Å². The molecule has 1 unspecified atom stereocenters. The fourth-order valence-electron chi connectivity index (χ4n) is 2.07. The minimum Gasteiger partial charge on any atom is -0.316 e. The Kier molecular flexibility index (Phi) is 4.77. The van der Waals surface area contributed by atoms with Crippen molar-refractivity contribution in [1.82, 2.24) is 10.0 Å². The Morgan fingerprint density at radius 2 is 2.28 bits per heavy atom. The predicted molar refractivity (Wildman–Crippen MR) is 75.7 cm³/mol. The molecule has 100 valence electrons. The smallest absolute Gasteiger partial charge is 0.212 e. The Hall–Kier alpha value is -0.430. The molecule has 0 aliphatic carbocycles. The van der Waals surface area contributed by atoms with Crippen LogP contribution in [0.1, 0.15) is 12.0 Å². The van der Waals surface area contributed by atoms with Crippen molar-refractivity contribution in [2.45, 2.75) is 13.0 Å². The van der Waals surface area contributed by atoms with Gasteiger partial charge in [-0.25, -0.2) is 13.1 Å². The zero-order valence-corrected chi connectivity index (χ0v) is 12.4. The molecule has 2 rings (SSSR count). The third-order valence-corrected chi connectivity index (χ3v) is 4.99. The van der Waals surface area contributed by atoms with Crippen LogP contribution < -0.4 is 10.0 Å². The van der Waals surface area contributed by atoms with Crippen LogP contribution in [0, 0.1) is 5.92 Å². The largest absolute Gasteiger partial charge is 0.316 e. The molecule has 1 aromatic carbocycles. The van der Waals surface area contributed by atoms with Crippen LogP contribution in [0.25, 0.3) is 0 Å². The summed E-state index contributed by atoms with van der Waals surface area (Å²) in [6, 6.07) is 7.64. The van der Waals surface area contributed by atoms with E-state index in [9.17, 15) is 8.42 Å². The van der Waals surface area contributed by atoms with Gasteiger partial charge >= 0.3 is 0 Å². The molecule has 0 aromatic heterocycles. The van der Waals surface area contributed by atoms with Gasteiger partial charge in [-0.3, -0.25) is 0 Å². The summed E-state index contributed by atoms with van der Waals surface area (Å²) >= 11 is 3.37. The third-order valence-electron chi connectivity index (χ3n) is 3.00. The summed E-state index contributed by atoms with van der Waals surface area (Å²) in [4.78, 5) is 0. The van der Waals surface area contributed by atoms with Gasteiger partial charge in [-0.2, -0.15) is 0 Å². The van der Waals surface area contributed by atoms with E-state index in [0.717, 1.165) is 29.5 Å². The summed E-state index contributed by atoms with van der Waals surface area (Å²) in [5.74, 6) is 0.457. The highest BCUT2D eigenvalue weighted by atomic mass is 79.9. The maximum Gasteiger partial charge on any atom is 0.212 e. The van der Waals surface area contributed by atoms with Crippen molar-refractivity contribution >= 4 is 26.0 Å². The van der Waals surface area contributed by atoms with Crippen LogP contribution in [0.2, 0.25) is 0 Å². The minimum atomic E-state index is -3.18. The second kappa shape index (κ2) is 6.14. The maximum atomic E-state index is 11.9. The topological polar surface area (TPSA) is 58.2 Å². The molecule has 0 radical (unpaired) electrons. The Labute approximate surface area is 116 Å². The first-order valence-corrected chi connectivity index (χ1v) is 8.42. The van der Waals surface area contributed by atoms with E-state index in [1.165, 1.54) is 0 Å². The molecule has 4 nitrogen and oxygen atoms in total. The number of hydrogen-bond acceptors (Lipinski definition) is 3. The predicted octanol–water partition coefficient (Wildman–Crippen LogP) is 1.48. The molecule has 6 heteroatoms. The zero-order valence-electron chi connectivity index (χ0n) is 10.0. The minimum absolute atomic E-state index is 0.216. The molecule has 1 fully saturated rings. The maximum absolute atomic E-state index is 11.9. The van der Waals surface area contributed by atoms with Crippen LogP contribution in [0.4, 0.5) is 0 Å². The first kappa shape index (κ1) is 14.0. The van der Waals surface area contributed by atoms with Gasteiger partial charge in [-0.1, -0.05) is 28.1 Å². The summed E-state index contributed by atoms with van der Waals surface area (Å²) in [7, 11) is -3.18. The van der Waals surface area contributed by atoms with E-state index in [1.807, 2.05) is 24.3 Å². The molecule has 1 saturated heterocycles. The highest BCUT2D eigenvalue weighted by Gasteiger charge is 2.21. The quantitative estimate of drug-likeness (QED) is 0.858. The average molecular weight is 333 g/mol. The molecule has 0 spiro atoms. The van der Waals surface area contributed by atoms with Gasteiger partial charge in [-0.05, 0) is 43.1 Å². The van der Waals surface area contributed by atoms with Gasteiger partial charge in [0.15, 0.2) is 0 Å². The van der Waals surface area contributed by atoms with E-state index in [1.54, 1.807) is 0 Å². The van der Waals surface area contributed by atoms with E-state index in [4.69, 9.17) is 0 Å². The van der Waals surface area contributed by atoms with Crippen LogP contribution in [-0.2, 0) is 16.6 Å². The first-order chi connectivity index (χ1) is 8.55. The summed E-state index contributed by atoms with van der Waals surface area (Å²) in [6.07, 6.45) is 0.942. The zero-order chi connectivity index (χ0) is 13.0. The Bertz CT molecular complexity index is 499. The van der Waals surface area contributed by atoms with Gasteiger partial charge in [0.05, 0.1) is 5.75 Å². The summed E-state index contributed by atoms with van der Waals surface area (Å²) in [5, 5.41) is 3.18. The average Bonchev–Trinajstić information content (AvgIpc) is 2.79. The van der Waals surface area contributed by atoms with E-state index < -0.39 is 10.0 Å². The highest BCUT2D eigenvalue weighted by molar-refractivity contribution is 9.10. The Balaban J connectivity index is 1.88. The normalized spacial score (nSPS) is 20.2. The molecule has 1 aromatic rings. The summed E-state index contributed by atoms with van der Waals surface area (Å²) in [5.41, 5.74) is 0.956. The van der Waals surface area contributed by atoms with Crippen molar-refractivity contribution in [3.05, 3.63) is 34.3 Å². The molecule has 0 amide bonds. The number of benzene rings is 1. The number of hydrogen-bond donors (Lipinski definition) is 2. The van der Waals surface area contributed by atoms with Crippen LogP contribution in [0.3, 0.4) is 0 Å². The van der Waals surface area contributed by atoms with Crippen molar-refractivity contribution in [3.8, 4) is 0 Å². The number of sulfonamides is 1. The van der Waals surface area contributed by atoms with Gasteiger partial charge in [0, 0.05) is 11.0 Å². The van der Waals surface area contributed by atoms with Gasteiger partial charge in [0.1, 0.15) is 0 Å². The van der Waals surface area contributed by atoms with Crippen LogP contribution in [0.5, 0.6) is 0 Å². The number of halogens is 1. The molecule has 1 aliphatic rings. The standard InChI is InChI=1S/C12H17BrN2O2S/c13-12-3-1-2-10(6-12)8-15-18(16,17)9-11-4-5-14-7-11/h1-3,6,11,14-15H,4-5,7-9H2. The first-order valence-electron chi connectivity index (χ1n) is 5.98. The molecule has 0 bridgehead atoms. The fourth-order valence-corrected chi connectivity index (χ4v) is 3.92. The van der Waals surface area contributed by atoms with Gasteiger partial charge in [0.25, 0.3) is 0 Å². The van der Waals surface area contributed by atoms with Crippen molar-refractivity contribution in [2.24, 2.45) is 5.92 Å². The molecule has 2 N–H and O–H groups in total. The molecule has 1 aliphatic heterocycles. The van der Waals surface area contributed by atoms with Crippen LogP contribution in [0.15, 0.2) is 28.7 Å². The van der Waals surface area contributed by atoms with Crippen molar-refractivity contribution in [2.75, 3.05) is 18.8 Å². The molecule has 1 heterocycles. The van der Waals surface area contributed by atoms with E-state index in [-0.39, 0.29) is 11.7 Å². The number of nitrogens with one attached hydrogen (secondary N) is 2. The van der Waals surface area contributed by atoms with Gasteiger partial charge in [-0.15, -0.1) is 0 Å². The summed E-state index contributed by atoms with van der Waals surface area (Å²) < 4.78 is 27.4. The molecular weight excluding hydrogens is 316 g/mol. The lowest BCUT2D eigenvalue weighted by atomic mass is 10.2. The van der Waals surface area contributed by atoms with Crippen LogP contribution in [-0.4, -0.2) is 27.3 Å². The van der Waals surface area contributed by atoms with Gasteiger partial charge < -0.3 is 5.32 Å². The summed E-state index contributed by atoms with van der Waals surface area (Å²) in [6.45, 7) is 2.07. The second-order valence-corrected chi connectivity index (χ2v) is 7.36. The second-order valence-electron chi connectivity index (χ2n) is 4.59. The van der Waals surface area contributed by atoms with Crippen molar-refractivity contribution < 1.29 is 8.42 Å². The monoisotopic (exact) mass is 332 g/mol. The molecular formula is C12H17BrN2O2S. The van der Waals surface area contributed by atoms with E-state index in [0.29, 0.717) is 6.54 Å². The van der Waals surface area contributed by atoms with Crippen LogP contribution >= 0.6 is 15.9 Å². The molecule has 0 saturated carbocycles.